The van der Waals surface area contributed by atoms with E-state index in [1.807, 2.05) is 42.5 Å². The van der Waals surface area contributed by atoms with E-state index in [4.69, 9.17) is 9.57 Å². The monoisotopic (exact) mass is 352 g/mol. The van der Waals surface area contributed by atoms with Crippen LogP contribution >= 0.6 is 0 Å². The number of halogens is 1. The molecule has 3 rings (SSSR count). The van der Waals surface area contributed by atoms with Gasteiger partial charge in [-0.25, -0.2) is 4.39 Å². The number of hydrogen-bond acceptors (Lipinski definition) is 6. The lowest BCUT2D eigenvalue weighted by atomic mass is 10.2. The third kappa shape index (κ3) is 4.76. The van der Waals surface area contributed by atoms with Gasteiger partial charge in [0.15, 0.2) is 11.6 Å². The molecule has 1 N–H and O–H groups in total. The van der Waals surface area contributed by atoms with Crippen molar-refractivity contribution >= 4 is 12.0 Å². The maximum atomic E-state index is 13.8. The fourth-order valence-corrected chi connectivity index (χ4v) is 2.12. The van der Waals surface area contributed by atoms with Gasteiger partial charge in [-0.05, 0) is 35.4 Å². The number of methoxy groups -OCH3 is 1. The van der Waals surface area contributed by atoms with Crippen LogP contribution in [0.15, 0.2) is 65.9 Å². The van der Waals surface area contributed by atoms with Gasteiger partial charge in [0.25, 0.3) is 0 Å². The highest BCUT2D eigenvalue weighted by molar-refractivity contribution is 5.79. The zero-order valence-electron chi connectivity index (χ0n) is 14.1. The van der Waals surface area contributed by atoms with Crippen LogP contribution < -0.4 is 14.9 Å². The quantitative estimate of drug-likeness (QED) is 0.519. The molecule has 26 heavy (non-hydrogen) atoms. The van der Waals surface area contributed by atoms with E-state index in [1.54, 1.807) is 19.2 Å². The van der Waals surface area contributed by atoms with Gasteiger partial charge in [0, 0.05) is 6.54 Å². The fourth-order valence-electron chi connectivity index (χ4n) is 2.12. The number of benzene rings is 2. The molecule has 1 aromatic heterocycles. The number of nitrogens with one attached hydrogen (secondary N) is 1. The number of ether oxygens (including phenoxy) is 1. The molecule has 0 aliphatic rings. The van der Waals surface area contributed by atoms with Crippen LogP contribution in [-0.2, 0) is 6.54 Å². The topological polar surface area (TPSA) is 68.6 Å². The molecule has 0 amide bonds. The number of anilines is 1. The first-order valence-corrected chi connectivity index (χ1v) is 7.89. The number of aromatic nitrogens is 2. The summed E-state index contributed by atoms with van der Waals surface area (Å²) in [5.74, 6) is 0.241. The molecule has 0 aliphatic heterocycles. The summed E-state index contributed by atoms with van der Waals surface area (Å²) in [5.41, 5.74) is 1.82. The molecule has 1 heterocycles. The molecule has 0 fully saturated rings. The van der Waals surface area contributed by atoms with Crippen LogP contribution in [0.25, 0.3) is 0 Å². The van der Waals surface area contributed by atoms with Crippen molar-refractivity contribution in [3.63, 3.8) is 0 Å². The number of oxime groups is 1. The van der Waals surface area contributed by atoms with E-state index in [0.29, 0.717) is 6.54 Å². The van der Waals surface area contributed by atoms with Crippen LogP contribution in [0.3, 0.4) is 0 Å². The van der Waals surface area contributed by atoms with Crippen molar-refractivity contribution in [3.8, 4) is 11.8 Å². The van der Waals surface area contributed by atoms with E-state index in [-0.39, 0.29) is 11.8 Å². The molecule has 0 radical (unpaired) electrons. The van der Waals surface area contributed by atoms with Crippen LogP contribution in [0.1, 0.15) is 11.1 Å². The summed E-state index contributed by atoms with van der Waals surface area (Å²) in [6, 6.07) is 16.8. The fraction of sp³-hybridized carbons (Fsp3) is 0.105. The maximum Gasteiger partial charge on any atom is 0.347 e. The zero-order valence-corrected chi connectivity index (χ0v) is 14.1. The second-order valence-electron chi connectivity index (χ2n) is 5.29. The molecular formula is C19H17FN4O2. The van der Waals surface area contributed by atoms with Crippen molar-refractivity contribution in [1.82, 2.24) is 9.97 Å². The van der Waals surface area contributed by atoms with Crippen LogP contribution in [0.5, 0.6) is 11.8 Å². The second kappa shape index (κ2) is 8.57. The van der Waals surface area contributed by atoms with Crippen LogP contribution in [0.2, 0.25) is 0 Å². The Hall–Kier alpha value is -3.48. The van der Waals surface area contributed by atoms with Gasteiger partial charge in [-0.3, -0.25) is 0 Å². The molecule has 2 aromatic carbocycles. The van der Waals surface area contributed by atoms with E-state index in [0.717, 1.165) is 23.1 Å². The third-order valence-electron chi connectivity index (χ3n) is 3.48. The van der Waals surface area contributed by atoms with Crippen LogP contribution in [0.4, 0.5) is 10.2 Å². The first kappa shape index (κ1) is 17.3. The Kier molecular flexibility index (Phi) is 5.72. The average Bonchev–Trinajstić information content (AvgIpc) is 2.69. The zero-order chi connectivity index (χ0) is 18.2. The predicted molar refractivity (Wildman–Crippen MR) is 97.0 cm³/mol. The number of rotatable bonds is 7. The Labute approximate surface area is 150 Å². The lowest BCUT2D eigenvalue weighted by Crippen LogP contribution is -2.05. The highest BCUT2D eigenvalue weighted by Gasteiger charge is 2.07. The van der Waals surface area contributed by atoms with Crippen LogP contribution in [0, 0.1) is 5.82 Å². The van der Waals surface area contributed by atoms with E-state index >= 15 is 0 Å². The lowest BCUT2D eigenvalue weighted by Gasteiger charge is -2.07. The van der Waals surface area contributed by atoms with Gasteiger partial charge in [-0.15, -0.1) is 0 Å². The van der Waals surface area contributed by atoms with Gasteiger partial charge in [-0.2, -0.15) is 9.97 Å². The first-order valence-electron chi connectivity index (χ1n) is 7.89. The molecule has 6 nitrogen and oxygen atoms in total. The summed E-state index contributed by atoms with van der Waals surface area (Å²) < 4.78 is 18.9. The molecular weight excluding hydrogens is 335 g/mol. The molecule has 0 spiro atoms. The second-order valence-corrected chi connectivity index (χ2v) is 5.29. The molecule has 0 bridgehead atoms. The Morgan fingerprint density at radius 2 is 1.88 bits per heavy atom. The third-order valence-corrected chi connectivity index (χ3v) is 3.48. The molecule has 0 atom stereocenters. The van der Waals surface area contributed by atoms with Gasteiger partial charge >= 0.3 is 6.01 Å². The molecule has 0 saturated carbocycles. The Morgan fingerprint density at radius 1 is 1.12 bits per heavy atom. The van der Waals surface area contributed by atoms with Gasteiger partial charge < -0.3 is 14.9 Å². The van der Waals surface area contributed by atoms with Gasteiger partial charge in [0.05, 0.1) is 19.5 Å². The van der Waals surface area contributed by atoms with E-state index < -0.39 is 5.82 Å². The Morgan fingerprint density at radius 3 is 2.62 bits per heavy atom. The molecule has 3 aromatic rings. The minimum Gasteiger partial charge on any atom is -0.497 e. The standard InChI is InChI=1S/C19H17FN4O2/c1-25-16-9-7-15(8-10-16)12-23-26-19-22-13-17(20)18(24-19)21-11-14-5-3-2-4-6-14/h2-10,12-13H,11H2,1H3,(H,21,22,24). The minimum absolute atomic E-state index is 0.0493. The summed E-state index contributed by atoms with van der Waals surface area (Å²) in [6.07, 6.45) is 2.54. The highest BCUT2D eigenvalue weighted by atomic mass is 19.1. The number of nitrogens with zero attached hydrogens (tertiary/aromatic N) is 3. The summed E-state index contributed by atoms with van der Waals surface area (Å²) in [4.78, 5) is 12.9. The van der Waals surface area contributed by atoms with Crippen molar-refractivity contribution in [2.75, 3.05) is 12.4 Å². The van der Waals surface area contributed by atoms with Gasteiger partial charge in [0.2, 0.25) is 0 Å². The molecule has 0 saturated heterocycles. The maximum absolute atomic E-state index is 13.8. The average molecular weight is 352 g/mol. The van der Waals surface area contributed by atoms with Gasteiger partial charge in [-0.1, -0.05) is 35.5 Å². The van der Waals surface area contributed by atoms with E-state index in [1.165, 1.54) is 6.21 Å². The SMILES string of the molecule is COc1ccc(C=NOc2ncc(F)c(NCc3ccccc3)n2)cc1. The van der Waals surface area contributed by atoms with Crippen molar-refractivity contribution < 1.29 is 14.0 Å². The first-order chi connectivity index (χ1) is 12.7. The van der Waals surface area contributed by atoms with Gasteiger partial charge in [0.1, 0.15) is 5.75 Å². The molecule has 0 unspecified atom stereocenters. The molecule has 132 valence electrons. The van der Waals surface area contributed by atoms with Crippen LogP contribution in [-0.4, -0.2) is 23.3 Å². The largest absolute Gasteiger partial charge is 0.497 e. The summed E-state index contributed by atoms with van der Waals surface area (Å²) >= 11 is 0. The lowest BCUT2D eigenvalue weighted by molar-refractivity contribution is 0.314. The van der Waals surface area contributed by atoms with Crippen molar-refractivity contribution in [3.05, 3.63) is 77.7 Å². The molecule has 7 heteroatoms. The van der Waals surface area contributed by atoms with E-state index in [2.05, 4.69) is 20.4 Å². The summed E-state index contributed by atoms with van der Waals surface area (Å²) in [6.45, 7) is 0.434. The summed E-state index contributed by atoms with van der Waals surface area (Å²) in [5, 5.41) is 6.73. The minimum atomic E-state index is -0.563. The Bertz CT molecular complexity index is 870. The van der Waals surface area contributed by atoms with Crippen molar-refractivity contribution in [2.45, 2.75) is 6.54 Å². The molecule has 0 aliphatic carbocycles. The van der Waals surface area contributed by atoms with E-state index in [9.17, 15) is 4.39 Å². The van der Waals surface area contributed by atoms with Crippen molar-refractivity contribution in [2.24, 2.45) is 5.16 Å². The Balaban J connectivity index is 1.62. The highest BCUT2D eigenvalue weighted by Crippen LogP contribution is 2.15. The predicted octanol–water partition coefficient (Wildman–Crippen LogP) is 3.65. The van der Waals surface area contributed by atoms with Crippen molar-refractivity contribution in [1.29, 1.82) is 0 Å². The normalized spacial score (nSPS) is 10.7. The summed E-state index contributed by atoms with van der Waals surface area (Å²) in [7, 11) is 1.60. The smallest absolute Gasteiger partial charge is 0.347 e. The number of hydrogen-bond donors (Lipinski definition) is 1.